The minimum absolute atomic E-state index is 0.884. The second-order valence-corrected chi connectivity index (χ2v) is 13.1. The van der Waals surface area contributed by atoms with Gasteiger partial charge in [0.1, 0.15) is 22.4 Å². The third-order valence-electron chi connectivity index (χ3n) is 5.85. The highest BCUT2D eigenvalue weighted by Gasteiger charge is 2.27. The highest BCUT2D eigenvalue weighted by molar-refractivity contribution is 9.10. The summed E-state index contributed by atoms with van der Waals surface area (Å²) in [5.41, 5.74) is 7.92. The first-order valence-electron chi connectivity index (χ1n) is 10.8. The minimum atomic E-state index is 0.884. The molecule has 0 fully saturated rings. The molecule has 0 aliphatic carbocycles. The SMILES string of the molecule is Brc1cccc(-c2ccc(-c3c4c(c(-c5ccc(-c6cccc(Br)c6)s5)c5nsnc35)N=S=N4)s2)c1. The average Bonchev–Trinajstić information content (AvgIpc) is 3.69. The summed E-state index contributed by atoms with van der Waals surface area (Å²) < 4.78 is 21.1. The first-order valence-corrected chi connectivity index (χ1v) is 15.5. The van der Waals surface area contributed by atoms with Crippen molar-refractivity contribution in [3.63, 3.8) is 0 Å². The Bertz CT molecular complexity index is 1750. The Balaban J connectivity index is 1.39. The summed E-state index contributed by atoms with van der Waals surface area (Å²) in [6.45, 7) is 0. The van der Waals surface area contributed by atoms with Crippen LogP contribution in [0.3, 0.4) is 0 Å². The van der Waals surface area contributed by atoms with Crippen molar-refractivity contribution in [1.82, 2.24) is 8.75 Å². The number of rotatable bonds is 4. The molecule has 0 bridgehead atoms. The lowest BCUT2D eigenvalue weighted by molar-refractivity contribution is 1.54. The molecule has 0 saturated heterocycles. The van der Waals surface area contributed by atoms with E-state index in [4.69, 9.17) is 17.5 Å². The lowest BCUT2D eigenvalue weighted by atomic mass is 10.0. The van der Waals surface area contributed by atoms with Crippen LogP contribution in [0.1, 0.15) is 0 Å². The minimum Gasteiger partial charge on any atom is -0.172 e. The van der Waals surface area contributed by atoms with Gasteiger partial charge in [0.25, 0.3) is 0 Å². The predicted octanol–water partition coefficient (Wildman–Crippen LogP) is 10.7. The quantitative estimate of drug-likeness (QED) is 0.187. The molecule has 0 radical (unpaired) electrons. The first kappa shape index (κ1) is 22.8. The summed E-state index contributed by atoms with van der Waals surface area (Å²) in [6, 6.07) is 25.4. The monoisotopic (exact) mass is 666 g/mol. The molecule has 0 amide bonds. The molecule has 7 rings (SSSR count). The van der Waals surface area contributed by atoms with Crippen molar-refractivity contribution in [2.24, 2.45) is 8.73 Å². The van der Waals surface area contributed by atoms with E-state index >= 15 is 0 Å². The molecule has 10 heteroatoms. The van der Waals surface area contributed by atoms with Crippen LogP contribution in [0.25, 0.3) is 52.8 Å². The van der Waals surface area contributed by atoms with Gasteiger partial charge in [-0.25, -0.2) is 0 Å². The Morgan fingerprint density at radius 1 is 0.556 bits per heavy atom. The molecular formula is C26H12Br2N4S4. The Kier molecular flexibility index (Phi) is 5.83. The maximum atomic E-state index is 4.75. The van der Waals surface area contributed by atoms with Crippen LogP contribution < -0.4 is 0 Å². The molecule has 0 atom stereocenters. The van der Waals surface area contributed by atoms with Gasteiger partial charge in [-0.3, -0.25) is 0 Å². The molecule has 3 aromatic heterocycles. The lowest BCUT2D eigenvalue weighted by Gasteiger charge is -2.09. The molecule has 4 heterocycles. The van der Waals surface area contributed by atoms with Crippen molar-refractivity contribution in [2.75, 3.05) is 0 Å². The maximum Gasteiger partial charge on any atom is 0.116 e. The molecule has 4 nitrogen and oxygen atoms in total. The van der Waals surface area contributed by atoms with Gasteiger partial charge >= 0.3 is 0 Å². The Morgan fingerprint density at radius 2 is 1.03 bits per heavy atom. The van der Waals surface area contributed by atoms with Crippen molar-refractivity contribution >= 4 is 100 Å². The number of fused-ring (bicyclic) bond motifs is 2. The van der Waals surface area contributed by atoms with Crippen LogP contribution in [-0.2, 0) is 11.4 Å². The number of hydrogen-bond donors (Lipinski definition) is 0. The van der Waals surface area contributed by atoms with Gasteiger partial charge < -0.3 is 0 Å². The molecule has 1 aliphatic rings. The van der Waals surface area contributed by atoms with Crippen LogP contribution in [0.2, 0.25) is 0 Å². The fraction of sp³-hybridized carbons (Fsp3) is 0. The second kappa shape index (κ2) is 9.20. The van der Waals surface area contributed by atoms with Crippen molar-refractivity contribution in [1.29, 1.82) is 0 Å². The molecular weight excluding hydrogens is 656 g/mol. The van der Waals surface area contributed by atoms with Gasteiger partial charge in [-0.05, 0) is 59.7 Å². The smallest absolute Gasteiger partial charge is 0.116 e. The van der Waals surface area contributed by atoms with E-state index in [1.54, 1.807) is 22.7 Å². The van der Waals surface area contributed by atoms with Gasteiger partial charge in [0.15, 0.2) is 0 Å². The molecule has 0 spiro atoms. The zero-order valence-corrected chi connectivity index (χ0v) is 24.5. The van der Waals surface area contributed by atoms with Crippen molar-refractivity contribution in [3.05, 3.63) is 81.7 Å². The number of thiophene rings is 2. The van der Waals surface area contributed by atoms with Crippen LogP contribution in [0.15, 0.2) is 90.5 Å². The number of halogens is 2. The van der Waals surface area contributed by atoms with Gasteiger partial charge in [-0.15, -0.1) is 22.7 Å². The van der Waals surface area contributed by atoms with Gasteiger partial charge in [0.2, 0.25) is 0 Å². The first-order chi connectivity index (χ1) is 17.7. The number of aromatic nitrogens is 2. The summed E-state index contributed by atoms with van der Waals surface area (Å²) in [4.78, 5) is 4.63. The maximum absolute atomic E-state index is 4.75. The Hall–Kier alpha value is -2.34. The molecule has 0 N–H and O–H groups in total. The zero-order valence-electron chi connectivity index (χ0n) is 18.1. The molecule has 3 aromatic carbocycles. The van der Waals surface area contributed by atoms with Gasteiger partial charge in [-0.2, -0.15) is 17.5 Å². The number of benzene rings is 3. The Labute approximate surface area is 239 Å². The van der Waals surface area contributed by atoms with E-state index in [0.717, 1.165) is 52.2 Å². The van der Waals surface area contributed by atoms with E-state index in [1.807, 2.05) is 12.1 Å². The topological polar surface area (TPSA) is 50.5 Å². The number of hydrogen-bond acceptors (Lipinski definition) is 7. The molecule has 6 aromatic rings. The number of nitrogens with zero attached hydrogens (tertiary/aromatic N) is 4. The van der Waals surface area contributed by atoms with Crippen molar-refractivity contribution in [3.8, 4) is 41.8 Å². The highest BCUT2D eigenvalue weighted by atomic mass is 79.9. The van der Waals surface area contributed by atoms with Crippen LogP contribution in [0.4, 0.5) is 11.4 Å². The summed E-state index contributed by atoms with van der Waals surface area (Å²) in [5.74, 6) is 0. The third-order valence-corrected chi connectivity index (χ3v) is 10.2. The van der Waals surface area contributed by atoms with Gasteiger partial charge in [0, 0.05) is 39.6 Å². The molecule has 1 aliphatic heterocycles. The van der Waals surface area contributed by atoms with E-state index < -0.39 is 0 Å². The average molecular weight is 668 g/mol. The molecule has 0 unspecified atom stereocenters. The van der Waals surface area contributed by atoms with E-state index in [-0.39, 0.29) is 0 Å². The fourth-order valence-corrected chi connectivity index (χ4v) is 8.28. The van der Waals surface area contributed by atoms with Crippen LogP contribution in [0.5, 0.6) is 0 Å². The fourth-order valence-electron chi connectivity index (χ4n) is 4.26. The van der Waals surface area contributed by atoms with E-state index in [2.05, 4.69) is 92.5 Å². The van der Waals surface area contributed by atoms with Crippen LogP contribution >= 0.6 is 66.3 Å². The predicted molar refractivity (Wildman–Crippen MR) is 162 cm³/mol. The summed E-state index contributed by atoms with van der Waals surface area (Å²) in [5, 5.41) is 0. The molecule has 36 heavy (non-hydrogen) atoms. The van der Waals surface area contributed by atoms with E-state index in [1.165, 1.54) is 44.0 Å². The summed E-state index contributed by atoms with van der Waals surface area (Å²) in [7, 11) is 0. The zero-order chi connectivity index (χ0) is 24.2. The van der Waals surface area contributed by atoms with Crippen LogP contribution in [-0.4, -0.2) is 8.75 Å². The largest absolute Gasteiger partial charge is 0.172 e. The van der Waals surface area contributed by atoms with E-state index in [0.29, 0.717) is 0 Å². The standard InChI is InChI=1S/C26H12Br2N4S4/c27-15-5-1-3-13(11-15)17-7-9-19(33-17)21-23-25(31-35-29-23)22(26-24(21)30-36-32-26)20-10-8-18(34-20)14-4-2-6-16(28)12-14/h1-12H. The van der Waals surface area contributed by atoms with Gasteiger partial charge in [-0.1, -0.05) is 56.1 Å². The summed E-state index contributed by atoms with van der Waals surface area (Å²) >= 11 is 13.1. The van der Waals surface area contributed by atoms with Crippen LogP contribution in [0, 0.1) is 0 Å². The highest BCUT2D eigenvalue weighted by Crippen LogP contribution is 2.54. The second-order valence-electron chi connectivity index (χ2n) is 8.02. The molecule has 0 saturated carbocycles. The van der Waals surface area contributed by atoms with E-state index in [9.17, 15) is 0 Å². The van der Waals surface area contributed by atoms with Crippen molar-refractivity contribution in [2.45, 2.75) is 0 Å². The normalized spacial score (nSPS) is 12.3. The third kappa shape index (κ3) is 3.87. The molecule has 174 valence electrons. The van der Waals surface area contributed by atoms with Crippen molar-refractivity contribution < 1.29 is 0 Å². The Morgan fingerprint density at radius 3 is 1.50 bits per heavy atom. The summed E-state index contributed by atoms with van der Waals surface area (Å²) in [6.07, 6.45) is 0. The van der Waals surface area contributed by atoms with Gasteiger partial charge in [0.05, 0.1) is 23.1 Å². The lowest BCUT2D eigenvalue weighted by Crippen LogP contribution is -1.84.